The van der Waals surface area contributed by atoms with E-state index in [2.05, 4.69) is 144 Å². The Morgan fingerprint density at radius 3 is 0.865 bits per heavy atom. The molecule has 37 heavy (non-hydrogen) atoms. The third-order valence-electron chi connectivity index (χ3n) is 9.72. The molecule has 0 unspecified atom stereocenters. The van der Waals surface area contributed by atoms with E-state index in [9.17, 15) is 0 Å². The quantitative estimate of drug-likeness (QED) is 0.242. The van der Waals surface area contributed by atoms with Crippen LogP contribution in [-0.4, -0.2) is 31.6 Å². The Labute approximate surface area is 237 Å². The van der Waals surface area contributed by atoms with Crippen molar-refractivity contribution in [1.82, 2.24) is 0 Å². The molecule has 0 spiro atoms. The second-order valence-corrected chi connectivity index (χ2v) is 29.5. The van der Waals surface area contributed by atoms with Crippen molar-refractivity contribution < 1.29 is 0 Å². The first-order valence-electron chi connectivity index (χ1n) is 14.7. The van der Waals surface area contributed by atoms with Crippen molar-refractivity contribution in [3.8, 4) is 0 Å². The summed E-state index contributed by atoms with van der Waals surface area (Å²) >= 11 is -0.414. The van der Waals surface area contributed by atoms with Crippen LogP contribution in [0.2, 0.25) is 33.2 Å². The van der Waals surface area contributed by atoms with Crippen LogP contribution in [0.15, 0.2) is 68.7 Å². The molecule has 2 radical (unpaired) electrons. The summed E-state index contributed by atoms with van der Waals surface area (Å²) in [6.07, 6.45) is 0. The molecule has 0 aromatic heterocycles. The third kappa shape index (κ3) is 5.00. The summed E-state index contributed by atoms with van der Waals surface area (Å²) in [5, 5.41) is 0. The molecular formula is C34H52GeSi2. The van der Waals surface area contributed by atoms with E-state index in [4.69, 9.17) is 0 Å². The second-order valence-electron chi connectivity index (χ2n) is 13.2. The molecule has 0 atom stereocenters. The van der Waals surface area contributed by atoms with Gasteiger partial charge < -0.3 is 0 Å². The van der Waals surface area contributed by atoms with Crippen LogP contribution in [0.5, 0.6) is 0 Å². The maximum atomic E-state index is 2.56. The van der Waals surface area contributed by atoms with Crippen molar-refractivity contribution in [3.63, 3.8) is 0 Å². The molecule has 3 rings (SSSR count). The third-order valence-corrected chi connectivity index (χ3v) is 32.3. The molecule has 2 aromatic carbocycles. The average molecular weight is 590 g/mol. The van der Waals surface area contributed by atoms with Gasteiger partial charge in [-0.05, 0) is 0 Å². The van der Waals surface area contributed by atoms with E-state index in [1.54, 1.807) is 11.1 Å². The Hall–Kier alpha value is -1.10. The molecule has 3 heteroatoms. The van der Waals surface area contributed by atoms with Gasteiger partial charge in [-0.1, -0.05) is 0 Å². The van der Waals surface area contributed by atoms with Gasteiger partial charge in [-0.2, -0.15) is 0 Å². The minimum absolute atomic E-state index is 0.414. The summed E-state index contributed by atoms with van der Waals surface area (Å²) in [4.78, 5) is 0. The van der Waals surface area contributed by atoms with Crippen molar-refractivity contribution in [2.24, 2.45) is 0 Å². The Kier molecular flexibility index (Phi) is 9.84. The Morgan fingerprint density at radius 2 is 0.649 bits per heavy atom. The SMILES string of the molecule is CC(C)[Si]([C]1=C(c2ccccc2)C(c2ccccc2)=[C]([Si](C(C)C)(C(C)C)C(C)C)[Ge]1)(C(C)C)C(C)C. The normalized spacial score (nSPS) is 15.6. The van der Waals surface area contributed by atoms with Crippen LogP contribution in [0.1, 0.15) is 94.2 Å². The number of benzene rings is 2. The molecule has 0 amide bonds. The van der Waals surface area contributed by atoms with Crippen LogP contribution in [0.3, 0.4) is 0 Å². The van der Waals surface area contributed by atoms with E-state index in [1.807, 2.05) is 8.06 Å². The van der Waals surface area contributed by atoms with Gasteiger partial charge in [-0.15, -0.1) is 0 Å². The standard InChI is InChI=1S/C34H52GeSi2/c1-23(2)36(24(3)4,25(5)6)33-31(29-19-15-13-16-20-29)32(30-21-17-14-18-22-30)34(35-33)37(26(7)8,27(9)10)28(11)12/h13-28H,1-12H3. The molecule has 0 bridgehead atoms. The molecule has 1 aliphatic rings. The monoisotopic (exact) mass is 590 g/mol. The molecular weight excluding hydrogens is 537 g/mol. The predicted molar refractivity (Wildman–Crippen MR) is 175 cm³/mol. The first-order valence-corrected chi connectivity index (χ1v) is 21.3. The van der Waals surface area contributed by atoms with Crippen molar-refractivity contribution in [3.05, 3.63) is 79.8 Å². The van der Waals surface area contributed by atoms with E-state index in [0.29, 0.717) is 0 Å². The van der Waals surface area contributed by atoms with Gasteiger partial charge in [0.2, 0.25) is 0 Å². The zero-order valence-electron chi connectivity index (χ0n) is 25.7. The number of rotatable bonds is 10. The van der Waals surface area contributed by atoms with E-state index in [0.717, 1.165) is 33.2 Å². The van der Waals surface area contributed by atoms with E-state index in [1.165, 1.54) is 11.1 Å². The van der Waals surface area contributed by atoms with Crippen molar-refractivity contribution in [2.75, 3.05) is 0 Å². The first kappa shape index (κ1) is 30.4. The topological polar surface area (TPSA) is 0 Å². The molecule has 1 aliphatic heterocycles. The molecule has 200 valence electrons. The summed E-state index contributed by atoms with van der Waals surface area (Å²) in [5.74, 6) is 0. The summed E-state index contributed by atoms with van der Waals surface area (Å²) in [6.45, 7) is 30.7. The van der Waals surface area contributed by atoms with Crippen LogP contribution in [0.4, 0.5) is 0 Å². The van der Waals surface area contributed by atoms with E-state index >= 15 is 0 Å². The van der Waals surface area contributed by atoms with Gasteiger partial charge in [0.1, 0.15) is 0 Å². The Balaban J connectivity index is 2.59. The van der Waals surface area contributed by atoms with E-state index in [-0.39, 0.29) is 0 Å². The molecule has 0 fully saturated rings. The summed E-state index contributed by atoms with van der Waals surface area (Å²) in [7, 11) is -3.65. The van der Waals surface area contributed by atoms with E-state index < -0.39 is 31.6 Å². The Morgan fingerprint density at radius 1 is 0.405 bits per heavy atom. The fraction of sp³-hybridized carbons (Fsp3) is 0.529. The number of hydrogen-bond donors (Lipinski definition) is 0. The summed E-state index contributed by atoms with van der Waals surface area (Å²) < 4.78 is 3.96. The van der Waals surface area contributed by atoms with Crippen LogP contribution in [0.25, 0.3) is 11.1 Å². The summed E-state index contributed by atoms with van der Waals surface area (Å²) in [6, 6.07) is 23.1. The molecule has 0 saturated heterocycles. The van der Waals surface area contributed by atoms with Crippen molar-refractivity contribution >= 4 is 42.7 Å². The summed E-state index contributed by atoms with van der Waals surface area (Å²) in [5.41, 5.74) is 10.7. The first-order chi connectivity index (χ1) is 17.4. The van der Waals surface area contributed by atoms with Gasteiger partial charge in [0.05, 0.1) is 0 Å². The van der Waals surface area contributed by atoms with Crippen LogP contribution in [-0.2, 0) is 0 Å². The fourth-order valence-corrected chi connectivity index (χ4v) is 39.7. The molecule has 0 saturated carbocycles. The van der Waals surface area contributed by atoms with Gasteiger partial charge in [0, 0.05) is 0 Å². The van der Waals surface area contributed by atoms with Crippen LogP contribution in [0, 0.1) is 0 Å². The molecule has 2 aromatic rings. The zero-order chi connectivity index (χ0) is 27.7. The van der Waals surface area contributed by atoms with Crippen LogP contribution < -0.4 is 0 Å². The van der Waals surface area contributed by atoms with Gasteiger partial charge in [-0.25, -0.2) is 0 Å². The minimum atomic E-state index is -1.82. The maximum absolute atomic E-state index is 2.56. The molecule has 0 aliphatic carbocycles. The Bertz CT molecular complexity index is 972. The average Bonchev–Trinajstić information content (AvgIpc) is 3.20. The zero-order valence-corrected chi connectivity index (χ0v) is 29.8. The van der Waals surface area contributed by atoms with Gasteiger partial charge >= 0.3 is 239 Å². The predicted octanol–water partition coefficient (Wildman–Crippen LogP) is 11.0. The molecule has 0 nitrogen and oxygen atoms in total. The van der Waals surface area contributed by atoms with Gasteiger partial charge in [0.15, 0.2) is 0 Å². The van der Waals surface area contributed by atoms with Crippen molar-refractivity contribution in [1.29, 1.82) is 0 Å². The second kappa shape index (κ2) is 12.0. The fourth-order valence-electron chi connectivity index (χ4n) is 8.67. The van der Waals surface area contributed by atoms with Crippen LogP contribution >= 0.6 is 0 Å². The number of allylic oxidation sites excluding steroid dienone is 2. The molecule has 1 heterocycles. The van der Waals surface area contributed by atoms with Gasteiger partial charge in [0.25, 0.3) is 0 Å². The van der Waals surface area contributed by atoms with Crippen molar-refractivity contribution in [2.45, 2.75) is 116 Å². The molecule has 0 N–H and O–H groups in total. The van der Waals surface area contributed by atoms with Gasteiger partial charge in [-0.3, -0.25) is 0 Å². The number of hydrogen-bond acceptors (Lipinski definition) is 0.